The van der Waals surface area contributed by atoms with Crippen LogP contribution < -0.4 is 0 Å². The van der Waals surface area contributed by atoms with Crippen LogP contribution in [-0.2, 0) is 17.1 Å². The third kappa shape index (κ3) is 14.8. The third-order valence-corrected chi connectivity index (χ3v) is 3.51. The molecule has 13 heteroatoms. The van der Waals surface area contributed by atoms with Gasteiger partial charge in [-0.25, -0.2) is 9.97 Å². The van der Waals surface area contributed by atoms with E-state index in [0.29, 0.717) is 31.8 Å². The van der Waals surface area contributed by atoms with E-state index >= 15 is 0 Å². The fourth-order valence-corrected chi connectivity index (χ4v) is 2.23. The minimum atomic E-state index is -3.22. The number of halogens is 8. The zero-order valence-electron chi connectivity index (χ0n) is 11.9. The predicted octanol–water partition coefficient (Wildman–Crippen LogP) is 8.45. The Morgan fingerprint density at radius 3 is 1.50 bits per heavy atom. The fraction of sp³-hybridized carbons (Fsp3) is 0.231. The molecule has 0 aromatic carbocycles. The van der Waals surface area contributed by atoms with Crippen molar-refractivity contribution in [3.63, 3.8) is 0 Å². The van der Waals surface area contributed by atoms with Gasteiger partial charge in [-0.1, -0.05) is 53.8 Å². The van der Waals surface area contributed by atoms with Gasteiger partial charge in [0.15, 0.2) is 0 Å². The first kappa shape index (κ1) is 29.0. The molecule has 0 aliphatic heterocycles. The van der Waals surface area contributed by atoms with Gasteiger partial charge in [0.25, 0.3) is 0 Å². The van der Waals surface area contributed by atoms with E-state index in [1.54, 1.807) is 12.3 Å². The van der Waals surface area contributed by atoms with E-state index < -0.39 is 5.20 Å². The molecule has 2 aromatic rings. The summed E-state index contributed by atoms with van der Waals surface area (Å²) >= 11 is 41.8. The Labute approximate surface area is 191 Å². The second-order valence-corrected chi connectivity index (χ2v) is 12.4. The highest BCUT2D eigenvalue weighted by Crippen LogP contribution is 2.61. The second kappa shape index (κ2) is 14.8. The van der Waals surface area contributed by atoms with Crippen LogP contribution in [0.25, 0.3) is 0 Å². The van der Waals surface area contributed by atoms with Gasteiger partial charge in [0.2, 0.25) is 0 Å². The number of hydrogen-bond acceptors (Lipinski definition) is 4. The standard InChI is InChI=1S/C6H4Cl3N.C6H5Cl2NO.CH4.Cl3OP/c7-2-4-3-10-6(9)1-5(4)8;7-5-1-6(8)9-2-4(5)3-10;;1-5(2,3)4/h1,3H,2H2;1-2,10H,3H2;1H4;. The summed E-state index contributed by atoms with van der Waals surface area (Å²) in [6, 6.07) is 3.06. The summed E-state index contributed by atoms with van der Waals surface area (Å²) in [5, 5.41) is 7.15. The van der Waals surface area contributed by atoms with Crippen LogP contribution in [-0.4, -0.2) is 15.1 Å². The van der Waals surface area contributed by atoms with Crippen LogP contribution in [0.1, 0.15) is 18.6 Å². The number of hydrogen-bond donors (Lipinski definition) is 1. The molecule has 0 aliphatic rings. The van der Waals surface area contributed by atoms with E-state index in [-0.39, 0.29) is 14.0 Å². The molecule has 2 heterocycles. The Balaban J connectivity index is 0. The van der Waals surface area contributed by atoms with Crippen LogP contribution in [0.3, 0.4) is 0 Å². The summed E-state index contributed by atoms with van der Waals surface area (Å²) in [5.74, 6) is 0.364. The van der Waals surface area contributed by atoms with Gasteiger partial charge in [-0.2, -0.15) is 0 Å². The molecule has 0 atom stereocenters. The number of nitrogens with zero attached hydrogens (tertiary/aromatic N) is 2. The molecular weight excluding hydrogens is 531 g/mol. The molecule has 0 bridgehead atoms. The van der Waals surface area contributed by atoms with Crippen molar-refractivity contribution in [1.29, 1.82) is 0 Å². The zero-order chi connectivity index (χ0) is 19.6. The Hall–Kier alpha value is 0.810. The lowest BCUT2D eigenvalue weighted by atomic mass is 10.3. The average Bonchev–Trinajstić information content (AvgIpc) is 2.46. The normalized spacial score (nSPS) is 9.88. The lowest BCUT2D eigenvalue weighted by molar-refractivity contribution is 0.281. The predicted molar refractivity (Wildman–Crippen MR) is 116 cm³/mol. The molecular formula is C13H13Cl8N2O2P. The second-order valence-electron chi connectivity index (χ2n) is 3.89. The van der Waals surface area contributed by atoms with Gasteiger partial charge < -0.3 is 5.11 Å². The van der Waals surface area contributed by atoms with Gasteiger partial charge in [-0.3, -0.25) is 4.57 Å². The monoisotopic (exact) mass is 540 g/mol. The number of rotatable bonds is 2. The SMILES string of the molecule is C.ClCc1cnc(Cl)cc1Cl.O=P(Cl)(Cl)Cl.OCc1cnc(Cl)cc1Cl. The van der Waals surface area contributed by atoms with Crippen molar-refractivity contribution in [3.8, 4) is 0 Å². The Morgan fingerprint density at radius 2 is 1.23 bits per heavy atom. The zero-order valence-corrected chi connectivity index (χ0v) is 18.9. The minimum Gasteiger partial charge on any atom is -0.392 e. The molecule has 0 amide bonds. The molecule has 0 saturated heterocycles. The Kier molecular flexibility index (Phi) is 16.5. The van der Waals surface area contributed by atoms with Gasteiger partial charge in [0.05, 0.1) is 17.5 Å². The molecule has 0 fully saturated rings. The maximum absolute atomic E-state index is 9.51. The van der Waals surface area contributed by atoms with Gasteiger partial charge in [-0.05, 0) is 45.9 Å². The van der Waals surface area contributed by atoms with Gasteiger partial charge >= 0.3 is 5.20 Å². The molecule has 0 radical (unpaired) electrons. The maximum Gasteiger partial charge on any atom is 0.339 e. The highest BCUT2D eigenvalue weighted by molar-refractivity contribution is 8.24. The molecule has 148 valence electrons. The van der Waals surface area contributed by atoms with E-state index in [9.17, 15) is 4.57 Å². The fourth-order valence-electron chi connectivity index (χ4n) is 1.09. The lowest BCUT2D eigenvalue weighted by Crippen LogP contribution is -1.86. The highest BCUT2D eigenvalue weighted by atomic mass is 36.0. The van der Waals surface area contributed by atoms with Gasteiger partial charge in [-0.15, -0.1) is 11.6 Å². The van der Waals surface area contributed by atoms with E-state index in [4.69, 9.17) is 63.1 Å². The number of aromatic nitrogens is 2. The summed E-state index contributed by atoms with van der Waals surface area (Å²) in [6.07, 6.45) is 3.02. The largest absolute Gasteiger partial charge is 0.392 e. The van der Waals surface area contributed by atoms with Crippen molar-refractivity contribution < 1.29 is 9.67 Å². The molecule has 2 aromatic heterocycles. The van der Waals surface area contributed by atoms with Crippen LogP contribution in [0.15, 0.2) is 24.5 Å². The maximum atomic E-state index is 9.51. The van der Waals surface area contributed by atoms with Gasteiger partial charge in [0.1, 0.15) is 10.3 Å². The van der Waals surface area contributed by atoms with Crippen LogP contribution in [0.5, 0.6) is 0 Å². The smallest absolute Gasteiger partial charge is 0.339 e. The molecule has 0 aliphatic carbocycles. The summed E-state index contributed by atoms with van der Waals surface area (Å²) in [4.78, 5) is 7.54. The molecule has 26 heavy (non-hydrogen) atoms. The van der Waals surface area contributed by atoms with Crippen LogP contribution in [0.4, 0.5) is 0 Å². The Bertz CT molecular complexity index is 670. The topological polar surface area (TPSA) is 63.1 Å². The van der Waals surface area contributed by atoms with E-state index in [1.807, 2.05) is 0 Å². The van der Waals surface area contributed by atoms with Crippen molar-refractivity contribution in [1.82, 2.24) is 9.97 Å². The highest BCUT2D eigenvalue weighted by Gasteiger charge is 2.03. The van der Waals surface area contributed by atoms with E-state index in [2.05, 4.69) is 43.7 Å². The third-order valence-electron chi connectivity index (χ3n) is 2.11. The van der Waals surface area contributed by atoms with Crippen molar-refractivity contribution in [3.05, 3.63) is 56.0 Å². The van der Waals surface area contributed by atoms with Crippen molar-refractivity contribution in [2.75, 3.05) is 0 Å². The summed E-state index contributed by atoms with van der Waals surface area (Å²) in [5.41, 5.74) is 1.39. The number of aliphatic hydroxyl groups is 1. The van der Waals surface area contributed by atoms with Crippen LogP contribution >= 0.6 is 96.9 Å². The lowest BCUT2D eigenvalue weighted by Gasteiger charge is -1.97. The molecule has 2 rings (SSSR count). The first-order valence-electron chi connectivity index (χ1n) is 5.93. The first-order valence-corrected chi connectivity index (χ1v) is 12.4. The molecule has 0 saturated carbocycles. The van der Waals surface area contributed by atoms with E-state index in [1.165, 1.54) is 12.3 Å². The summed E-state index contributed by atoms with van der Waals surface area (Å²) in [6.45, 7) is -0.108. The molecule has 4 nitrogen and oxygen atoms in total. The molecule has 0 spiro atoms. The van der Waals surface area contributed by atoms with Crippen molar-refractivity contribution >= 4 is 96.9 Å². The Morgan fingerprint density at radius 1 is 0.885 bits per heavy atom. The minimum absolute atomic E-state index is 0. The quantitative estimate of drug-likeness (QED) is 0.234. The van der Waals surface area contributed by atoms with Crippen LogP contribution in [0.2, 0.25) is 20.4 Å². The number of pyridine rings is 2. The summed E-state index contributed by atoms with van der Waals surface area (Å²) < 4.78 is 9.51. The van der Waals surface area contributed by atoms with E-state index in [0.717, 1.165) is 5.56 Å². The van der Waals surface area contributed by atoms with Crippen molar-refractivity contribution in [2.24, 2.45) is 0 Å². The molecule has 0 unspecified atom stereocenters. The van der Waals surface area contributed by atoms with Crippen LogP contribution in [0, 0.1) is 0 Å². The summed E-state index contributed by atoms with van der Waals surface area (Å²) in [7, 11) is 0. The first-order chi connectivity index (χ1) is 11.5. The number of alkyl halides is 1. The average molecular weight is 544 g/mol. The number of aliphatic hydroxyl groups excluding tert-OH is 1. The molecule has 1 N–H and O–H groups in total. The van der Waals surface area contributed by atoms with Crippen molar-refractivity contribution in [2.45, 2.75) is 19.9 Å². The van der Waals surface area contributed by atoms with Gasteiger partial charge in [0, 0.05) is 28.5 Å².